The molecule has 1 aromatic carbocycles. The fraction of sp³-hybridized carbons (Fsp3) is 0.571. The predicted molar refractivity (Wildman–Crippen MR) is 85.6 cm³/mol. The standard InChI is InChI=1S/C14H21Cl2NO.ClH/c1-4-17(5-2)9-10(3)14(18)12-7-6-11(15)8-13(12)16;/h6-8,10,14,18H,4-5,9H2,1-3H3;1H. The second-order valence-corrected chi connectivity index (χ2v) is 5.42. The van der Waals surface area contributed by atoms with Gasteiger partial charge in [-0.2, -0.15) is 0 Å². The average Bonchev–Trinajstić information content (AvgIpc) is 2.34. The van der Waals surface area contributed by atoms with Gasteiger partial charge in [0.1, 0.15) is 0 Å². The Morgan fingerprint density at radius 3 is 2.26 bits per heavy atom. The van der Waals surface area contributed by atoms with Gasteiger partial charge < -0.3 is 10.0 Å². The van der Waals surface area contributed by atoms with E-state index in [1.165, 1.54) is 0 Å². The smallest absolute Gasteiger partial charge is 0.0842 e. The minimum atomic E-state index is -0.560. The number of aliphatic hydroxyl groups excluding tert-OH is 1. The van der Waals surface area contributed by atoms with Crippen LogP contribution in [0.25, 0.3) is 0 Å². The lowest BCUT2D eigenvalue weighted by molar-refractivity contribution is 0.0912. The lowest BCUT2D eigenvalue weighted by Crippen LogP contribution is -2.30. The first-order valence-electron chi connectivity index (χ1n) is 6.34. The molecule has 0 bridgehead atoms. The quantitative estimate of drug-likeness (QED) is 0.836. The molecule has 1 rings (SSSR count). The Morgan fingerprint density at radius 2 is 1.79 bits per heavy atom. The van der Waals surface area contributed by atoms with E-state index in [4.69, 9.17) is 23.2 Å². The van der Waals surface area contributed by atoms with Gasteiger partial charge in [-0.1, -0.05) is 50.0 Å². The van der Waals surface area contributed by atoms with Gasteiger partial charge in [0.2, 0.25) is 0 Å². The molecule has 1 N–H and O–H groups in total. The predicted octanol–water partition coefficient (Wildman–Crippen LogP) is 4.43. The maximum Gasteiger partial charge on any atom is 0.0842 e. The normalized spacial score (nSPS) is 14.1. The zero-order valence-corrected chi connectivity index (χ0v) is 13.9. The van der Waals surface area contributed by atoms with Gasteiger partial charge in [-0.3, -0.25) is 0 Å². The first-order chi connectivity index (χ1) is 8.49. The molecule has 0 aliphatic rings. The monoisotopic (exact) mass is 325 g/mol. The van der Waals surface area contributed by atoms with Gasteiger partial charge in [0.05, 0.1) is 6.10 Å². The van der Waals surface area contributed by atoms with Gasteiger partial charge in [-0.15, -0.1) is 12.4 Å². The van der Waals surface area contributed by atoms with Gasteiger partial charge in [-0.25, -0.2) is 0 Å². The third-order valence-corrected chi connectivity index (χ3v) is 3.82. The summed E-state index contributed by atoms with van der Waals surface area (Å²) in [5.74, 6) is 0.128. The molecule has 0 aromatic heterocycles. The van der Waals surface area contributed by atoms with Crippen LogP contribution in [0.5, 0.6) is 0 Å². The van der Waals surface area contributed by atoms with Crippen molar-refractivity contribution in [3.63, 3.8) is 0 Å². The molecule has 5 heteroatoms. The van der Waals surface area contributed by atoms with E-state index in [1.54, 1.807) is 18.2 Å². The van der Waals surface area contributed by atoms with E-state index in [2.05, 4.69) is 18.7 Å². The maximum atomic E-state index is 10.3. The summed E-state index contributed by atoms with van der Waals surface area (Å²) in [7, 11) is 0. The van der Waals surface area contributed by atoms with E-state index < -0.39 is 6.10 Å². The van der Waals surface area contributed by atoms with Crippen LogP contribution < -0.4 is 0 Å². The second kappa shape index (κ2) is 9.04. The van der Waals surface area contributed by atoms with Gasteiger partial charge in [0, 0.05) is 16.6 Å². The Labute approximate surface area is 132 Å². The van der Waals surface area contributed by atoms with Crippen LogP contribution >= 0.6 is 35.6 Å². The average molecular weight is 327 g/mol. The highest BCUT2D eigenvalue weighted by molar-refractivity contribution is 6.35. The molecule has 2 nitrogen and oxygen atoms in total. The molecule has 0 amide bonds. The Bertz CT molecular complexity index is 383. The second-order valence-electron chi connectivity index (χ2n) is 4.57. The van der Waals surface area contributed by atoms with Crippen molar-refractivity contribution in [2.24, 2.45) is 5.92 Å². The summed E-state index contributed by atoms with van der Waals surface area (Å²) in [4.78, 5) is 2.29. The molecule has 19 heavy (non-hydrogen) atoms. The molecule has 0 radical (unpaired) electrons. The Kier molecular flexibility index (Phi) is 9.04. The molecule has 0 spiro atoms. The number of nitrogens with zero attached hydrogens (tertiary/aromatic N) is 1. The maximum absolute atomic E-state index is 10.3. The van der Waals surface area contributed by atoms with Gasteiger partial charge in [0.25, 0.3) is 0 Å². The van der Waals surface area contributed by atoms with Crippen LogP contribution in [0, 0.1) is 5.92 Å². The summed E-state index contributed by atoms with van der Waals surface area (Å²) in [6, 6.07) is 5.23. The zero-order chi connectivity index (χ0) is 13.7. The lowest BCUT2D eigenvalue weighted by atomic mass is 9.97. The fourth-order valence-electron chi connectivity index (χ4n) is 2.04. The van der Waals surface area contributed by atoms with E-state index >= 15 is 0 Å². The number of benzene rings is 1. The molecule has 0 saturated heterocycles. The van der Waals surface area contributed by atoms with Crippen LogP contribution in [0.1, 0.15) is 32.4 Å². The number of halogens is 3. The molecule has 0 aliphatic carbocycles. The van der Waals surface area contributed by atoms with Crippen LogP contribution in [-0.2, 0) is 0 Å². The summed E-state index contributed by atoms with van der Waals surface area (Å²) in [6.07, 6.45) is -0.560. The first kappa shape index (κ1) is 19.0. The minimum absolute atomic E-state index is 0. The minimum Gasteiger partial charge on any atom is -0.388 e. The SMILES string of the molecule is CCN(CC)CC(C)C(O)c1ccc(Cl)cc1Cl.Cl. The van der Waals surface area contributed by atoms with Crippen LogP contribution in [-0.4, -0.2) is 29.6 Å². The molecule has 0 fully saturated rings. The molecule has 1 aromatic rings. The molecule has 0 saturated carbocycles. The third kappa shape index (κ3) is 5.49. The summed E-state index contributed by atoms with van der Waals surface area (Å²) < 4.78 is 0. The molecular weight excluding hydrogens is 305 g/mol. The lowest BCUT2D eigenvalue weighted by Gasteiger charge is -2.26. The topological polar surface area (TPSA) is 23.5 Å². The Hall–Kier alpha value is 0.01000. The van der Waals surface area contributed by atoms with E-state index in [0.717, 1.165) is 25.2 Å². The highest BCUT2D eigenvalue weighted by Gasteiger charge is 2.20. The van der Waals surface area contributed by atoms with Crippen LogP contribution in [0.2, 0.25) is 10.0 Å². The number of hydrogen-bond donors (Lipinski definition) is 1. The number of aliphatic hydroxyl groups is 1. The Balaban J connectivity index is 0.00000324. The summed E-state index contributed by atoms with van der Waals surface area (Å²) in [5.41, 5.74) is 0.751. The molecule has 2 unspecified atom stereocenters. The van der Waals surface area contributed by atoms with Gasteiger partial charge in [-0.05, 0) is 36.7 Å². The van der Waals surface area contributed by atoms with E-state index in [1.807, 2.05) is 6.92 Å². The van der Waals surface area contributed by atoms with Crippen LogP contribution in [0.3, 0.4) is 0 Å². The van der Waals surface area contributed by atoms with Crippen molar-refractivity contribution in [2.75, 3.05) is 19.6 Å². The largest absolute Gasteiger partial charge is 0.388 e. The third-order valence-electron chi connectivity index (χ3n) is 3.26. The summed E-state index contributed by atoms with van der Waals surface area (Å²) in [5, 5.41) is 11.5. The van der Waals surface area contributed by atoms with Crippen molar-refractivity contribution >= 4 is 35.6 Å². The molecule has 2 atom stereocenters. The van der Waals surface area contributed by atoms with Gasteiger partial charge in [0.15, 0.2) is 0 Å². The van der Waals surface area contributed by atoms with E-state index in [-0.39, 0.29) is 18.3 Å². The number of rotatable bonds is 6. The molecule has 110 valence electrons. The van der Waals surface area contributed by atoms with Crippen molar-refractivity contribution in [3.8, 4) is 0 Å². The van der Waals surface area contributed by atoms with Gasteiger partial charge >= 0.3 is 0 Å². The summed E-state index contributed by atoms with van der Waals surface area (Å²) >= 11 is 12.0. The molecule has 0 aliphatic heterocycles. The van der Waals surface area contributed by atoms with E-state index in [0.29, 0.717) is 10.0 Å². The van der Waals surface area contributed by atoms with Crippen LogP contribution in [0.4, 0.5) is 0 Å². The molecular formula is C14H22Cl3NO. The molecule has 0 heterocycles. The van der Waals surface area contributed by atoms with Crippen molar-refractivity contribution in [3.05, 3.63) is 33.8 Å². The van der Waals surface area contributed by atoms with Crippen molar-refractivity contribution < 1.29 is 5.11 Å². The fourth-order valence-corrected chi connectivity index (χ4v) is 2.56. The summed E-state index contributed by atoms with van der Waals surface area (Å²) in [6.45, 7) is 9.11. The van der Waals surface area contributed by atoms with Crippen LogP contribution in [0.15, 0.2) is 18.2 Å². The Morgan fingerprint density at radius 1 is 1.21 bits per heavy atom. The van der Waals surface area contributed by atoms with Crippen molar-refractivity contribution in [2.45, 2.75) is 26.9 Å². The highest BCUT2D eigenvalue weighted by Crippen LogP contribution is 2.30. The van der Waals surface area contributed by atoms with E-state index in [9.17, 15) is 5.11 Å². The highest BCUT2D eigenvalue weighted by atomic mass is 35.5. The number of hydrogen-bond acceptors (Lipinski definition) is 2. The first-order valence-corrected chi connectivity index (χ1v) is 7.10. The van der Waals surface area contributed by atoms with Crippen molar-refractivity contribution in [1.29, 1.82) is 0 Å². The van der Waals surface area contributed by atoms with Crippen molar-refractivity contribution in [1.82, 2.24) is 4.90 Å². The zero-order valence-electron chi connectivity index (χ0n) is 11.6.